The summed E-state index contributed by atoms with van der Waals surface area (Å²) in [6.07, 6.45) is 6.41. The van der Waals surface area contributed by atoms with Gasteiger partial charge in [-0.3, -0.25) is 0 Å². The summed E-state index contributed by atoms with van der Waals surface area (Å²) < 4.78 is 13.2. The van der Waals surface area contributed by atoms with Gasteiger partial charge in [0.25, 0.3) is 0 Å². The van der Waals surface area contributed by atoms with Crippen LogP contribution in [0.5, 0.6) is 0 Å². The third kappa shape index (κ3) is 4.54. The number of hydrogen-bond donors (Lipinski definition) is 1. The Labute approximate surface area is 129 Å². The van der Waals surface area contributed by atoms with Crippen molar-refractivity contribution in [1.82, 2.24) is 5.32 Å². The molecule has 0 radical (unpaired) electrons. The van der Waals surface area contributed by atoms with Gasteiger partial charge in [-0.25, -0.2) is 4.39 Å². The topological polar surface area (TPSA) is 12.0 Å². The van der Waals surface area contributed by atoms with Crippen LogP contribution >= 0.6 is 0 Å². The third-order valence-electron chi connectivity index (χ3n) is 5.07. The van der Waals surface area contributed by atoms with E-state index in [4.69, 9.17) is 0 Å². The highest BCUT2D eigenvalue weighted by atomic mass is 19.1. The Kier molecular flexibility index (Phi) is 6.22. The molecule has 1 nitrogen and oxygen atoms in total. The second-order valence-electron chi connectivity index (χ2n) is 6.90. The largest absolute Gasteiger partial charge is 0.310 e. The molecule has 118 valence electrons. The molecule has 1 unspecified atom stereocenters. The molecule has 2 rings (SSSR count). The van der Waals surface area contributed by atoms with E-state index >= 15 is 0 Å². The van der Waals surface area contributed by atoms with Crippen molar-refractivity contribution in [3.05, 3.63) is 35.6 Å². The van der Waals surface area contributed by atoms with E-state index in [2.05, 4.69) is 26.1 Å². The summed E-state index contributed by atoms with van der Waals surface area (Å²) in [6, 6.07) is 7.48. The van der Waals surface area contributed by atoms with Crippen LogP contribution in [0.15, 0.2) is 24.3 Å². The molecule has 0 saturated heterocycles. The maximum Gasteiger partial charge on any atom is 0.123 e. The Bertz CT molecular complexity index is 404. The van der Waals surface area contributed by atoms with E-state index in [1.165, 1.54) is 31.2 Å². The normalized spacial score (nSPS) is 24.2. The highest BCUT2D eigenvalue weighted by molar-refractivity contribution is 5.21. The summed E-state index contributed by atoms with van der Waals surface area (Å²) in [5.74, 6) is 2.24. The number of halogens is 1. The zero-order valence-electron chi connectivity index (χ0n) is 13.7. The molecule has 1 aliphatic rings. The molecule has 1 atom stereocenters. The van der Waals surface area contributed by atoms with Crippen LogP contribution in [-0.2, 0) is 0 Å². The van der Waals surface area contributed by atoms with Crippen molar-refractivity contribution >= 4 is 0 Å². The average molecular weight is 291 g/mol. The van der Waals surface area contributed by atoms with E-state index in [9.17, 15) is 4.39 Å². The Balaban J connectivity index is 2.04. The van der Waals surface area contributed by atoms with E-state index in [1.54, 1.807) is 12.1 Å². The van der Waals surface area contributed by atoms with Gasteiger partial charge in [0, 0.05) is 6.04 Å². The van der Waals surface area contributed by atoms with E-state index in [0.29, 0.717) is 12.0 Å². The minimum absolute atomic E-state index is 0.142. The fraction of sp³-hybridized carbons (Fsp3) is 0.684. The number of benzene rings is 1. The summed E-state index contributed by atoms with van der Waals surface area (Å²) in [5.41, 5.74) is 1.25. The first-order valence-electron chi connectivity index (χ1n) is 8.60. The van der Waals surface area contributed by atoms with E-state index < -0.39 is 0 Å². The highest BCUT2D eigenvalue weighted by Gasteiger charge is 2.29. The Morgan fingerprint density at radius 1 is 1.05 bits per heavy atom. The van der Waals surface area contributed by atoms with Crippen molar-refractivity contribution in [1.29, 1.82) is 0 Å². The minimum atomic E-state index is -0.142. The van der Waals surface area contributed by atoms with Crippen LogP contribution in [0.4, 0.5) is 4.39 Å². The molecule has 1 saturated carbocycles. The second-order valence-corrected chi connectivity index (χ2v) is 6.90. The molecule has 1 N–H and O–H groups in total. The van der Waals surface area contributed by atoms with Gasteiger partial charge in [-0.1, -0.05) is 32.9 Å². The molecular weight excluding hydrogens is 261 g/mol. The predicted molar refractivity (Wildman–Crippen MR) is 87.7 cm³/mol. The van der Waals surface area contributed by atoms with Gasteiger partial charge < -0.3 is 5.32 Å². The molecule has 0 amide bonds. The fourth-order valence-corrected chi connectivity index (χ4v) is 3.67. The van der Waals surface area contributed by atoms with Crippen molar-refractivity contribution in [3.8, 4) is 0 Å². The van der Waals surface area contributed by atoms with Gasteiger partial charge in [0.2, 0.25) is 0 Å². The summed E-state index contributed by atoms with van der Waals surface area (Å²) in [7, 11) is 0. The minimum Gasteiger partial charge on any atom is -0.310 e. The SMILES string of the molecule is CCCNC(c1ccc(F)cc1)C1CCC(C(C)C)CC1. The molecule has 1 aliphatic carbocycles. The quantitative estimate of drug-likeness (QED) is 0.747. The zero-order valence-corrected chi connectivity index (χ0v) is 13.7. The molecule has 21 heavy (non-hydrogen) atoms. The van der Waals surface area contributed by atoms with Crippen molar-refractivity contribution in [2.45, 2.75) is 58.9 Å². The molecule has 0 heterocycles. The highest BCUT2D eigenvalue weighted by Crippen LogP contribution is 2.39. The summed E-state index contributed by atoms with van der Waals surface area (Å²) in [5, 5.41) is 3.70. The van der Waals surface area contributed by atoms with E-state index in [0.717, 1.165) is 24.8 Å². The maximum atomic E-state index is 13.2. The molecule has 1 aromatic carbocycles. The molecule has 1 fully saturated rings. The van der Waals surface area contributed by atoms with Gasteiger partial charge in [-0.05, 0) is 74.1 Å². The predicted octanol–water partition coefficient (Wildman–Crippen LogP) is 5.33. The van der Waals surface area contributed by atoms with Gasteiger partial charge >= 0.3 is 0 Å². The lowest BCUT2D eigenvalue weighted by molar-refractivity contribution is 0.189. The van der Waals surface area contributed by atoms with Crippen molar-refractivity contribution in [2.24, 2.45) is 17.8 Å². The lowest BCUT2D eigenvalue weighted by Gasteiger charge is -2.36. The molecular formula is C19H30FN. The first-order chi connectivity index (χ1) is 10.1. The molecule has 1 aromatic rings. The van der Waals surface area contributed by atoms with Gasteiger partial charge in [0.05, 0.1) is 0 Å². The molecule has 0 bridgehead atoms. The number of rotatable bonds is 6. The van der Waals surface area contributed by atoms with Crippen molar-refractivity contribution in [3.63, 3.8) is 0 Å². The van der Waals surface area contributed by atoms with Gasteiger partial charge in [-0.15, -0.1) is 0 Å². The third-order valence-corrected chi connectivity index (χ3v) is 5.07. The lowest BCUT2D eigenvalue weighted by atomic mass is 9.73. The summed E-state index contributed by atoms with van der Waals surface area (Å²) >= 11 is 0. The standard InChI is InChI=1S/C19H30FN/c1-4-13-21-19(17-9-11-18(20)12-10-17)16-7-5-15(6-8-16)14(2)3/h9-12,14-16,19,21H,4-8,13H2,1-3H3. The monoisotopic (exact) mass is 291 g/mol. The smallest absolute Gasteiger partial charge is 0.123 e. The van der Waals surface area contributed by atoms with Gasteiger partial charge in [-0.2, -0.15) is 0 Å². The Hall–Kier alpha value is -0.890. The average Bonchev–Trinajstić information content (AvgIpc) is 2.50. The van der Waals surface area contributed by atoms with Crippen LogP contribution in [-0.4, -0.2) is 6.54 Å². The van der Waals surface area contributed by atoms with Crippen LogP contribution in [0, 0.1) is 23.6 Å². The second kappa shape index (κ2) is 7.93. The number of hydrogen-bond acceptors (Lipinski definition) is 1. The molecule has 0 spiro atoms. The van der Waals surface area contributed by atoms with Crippen LogP contribution in [0.2, 0.25) is 0 Å². The molecule has 0 aliphatic heterocycles. The lowest BCUT2D eigenvalue weighted by Crippen LogP contribution is -2.32. The zero-order chi connectivity index (χ0) is 15.2. The van der Waals surface area contributed by atoms with Crippen molar-refractivity contribution in [2.75, 3.05) is 6.54 Å². The van der Waals surface area contributed by atoms with Gasteiger partial charge in [0.15, 0.2) is 0 Å². The molecule has 2 heteroatoms. The van der Waals surface area contributed by atoms with Crippen molar-refractivity contribution < 1.29 is 4.39 Å². The fourth-order valence-electron chi connectivity index (χ4n) is 3.67. The number of nitrogens with one attached hydrogen (secondary N) is 1. The first kappa shape index (κ1) is 16.5. The van der Waals surface area contributed by atoms with Crippen LogP contribution < -0.4 is 5.32 Å². The first-order valence-corrected chi connectivity index (χ1v) is 8.60. The van der Waals surface area contributed by atoms with E-state index in [1.807, 2.05) is 12.1 Å². The van der Waals surface area contributed by atoms with Crippen LogP contribution in [0.3, 0.4) is 0 Å². The Morgan fingerprint density at radius 2 is 1.62 bits per heavy atom. The van der Waals surface area contributed by atoms with Crippen LogP contribution in [0.25, 0.3) is 0 Å². The summed E-state index contributed by atoms with van der Waals surface area (Å²) in [6.45, 7) is 7.92. The Morgan fingerprint density at radius 3 is 2.14 bits per heavy atom. The maximum absolute atomic E-state index is 13.2. The van der Waals surface area contributed by atoms with E-state index in [-0.39, 0.29) is 5.82 Å². The summed E-state index contributed by atoms with van der Waals surface area (Å²) in [4.78, 5) is 0. The van der Waals surface area contributed by atoms with Crippen LogP contribution in [0.1, 0.15) is 64.5 Å². The van der Waals surface area contributed by atoms with Gasteiger partial charge in [0.1, 0.15) is 5.82 Å². The molecule has 0 aromatic heterocycles.